The fourth-order valence-electron chi connectivity index (χ4n) is 1.35. The summed E-state index contributed by atoms with van der Waals surface area (Å²) in [5.41, 5.74) is 7.02. The predicted molar refractivity (Wildman–Crippen MR) is 81.6 cm³/mol. The summed E-state index contributed by atoms with van der Waals surface area (Å²) in [5.74, 6) is -2.18. The molecule has 0 aromatic heterocycles. The number of hydrogen-bond acceptors (Lipinski definition) is 3. The van der Waals surface area contributed by atoms with Gasteiger partial charge in [0.2, 0.25) is 5.91 Å². The van der Waals surface area contributed by atoms with E-state index in [0.717, 1.165) is 0 Å². The quantitative estimate of drug-likeness (QED) is 0.658. The van der Waals surface area contributed by atoms with E-state index in [-0.39, 0.29) is 17.2 Å². The normalized spacial score (nSPS) is 10.3. The van der Waals surface area contributed by atoms with Crippen molar-refractivity contribution in [2.24, 2.45) is 5.73 Å². The number of benzene rings is 1. The third-order valence-corrected chi connectivity index (χ3v) is 2.83. The summed E-state index contributed by atoms with van der Waals surface area (Å²) >= 11 is 4.98. The van der Waals surface area contributed by atoms with Gasteiger partial charge in [0, 0.05) is 5.56 Å². The number of rotatable bonds is 4. The summed E-state index contributed by atoms with van der Waals surface area (Å²) in [6.07, 6.45) is -0.469. The van der Waals surface area contributed by atoms with E-state index in [0.29, 0.717) is 5.56 Å². The van der Waals surface area contributed by atoms with Gasteiger partial charge in [-0.3, -0.25) is 14.4 Å². The lowest BCUT2D eigenvalue weighted by molar-refractivity contribution is -0.139. The first-order chi connectivity index (χ1) is 9.57. The van der Waals surface area contributed by atoms with E-state index in [9.17, 15) is 14.4 Å². The Morgan fingerprint density at radius 2 is 1.62 bits per heavy atom. The summed E-state index contributed by atoms with van der Waals surface area (Å²) in [5, 5.41) is 7.94. The maximum absolute atomic E-state index is 10.8. The summed E-state index contributed by atoms with van der Waals surface area (Å²) in [6, 6.07) is 7.42. The summed E-state index contributed by atoms with van der Waals surface area (Å²) < 4.78 is 0. The maximum atomic E-state index is 10.8. The number of halogens is 1. The molecule has 1 rings (SSSR count). The first-order valence-corrected chi connectivity index (χ1v) is 6.81. The smallest absolute Gasteiger partial charge is 0.310 e. The Labute approximate surface area is 129 Å². The molecule has 1 amide bonds. The molecule has 0 atom stereocenters. The number of alkyl halides is 1. The number of carbonyl (C=O) groups excluding carboxylic acids is 2. The van der Waals surface area contributed by atoms with Gasteiger partial charge in [-0.25, -0.2) is 0 Å². The molecular weight excluding hydrogens is 294 g/mol. The van der Waals surface area contributed by atoms with Crippen LogP contribution in [0.1, 0.15) is 43.1 Å². The molecule has 0 radical (unpaired) electrons. The number of nitrogens with two attached hydrogens (primary N) is 1. The Morgan fingerprint density at radius 1 is 1.14 bits per heavy atom. The van der Waals surface area contributed by atoms with Gasteiger partial charge in [0.25, 0.3) is 0 Å². The fraction of sp³-hybridized carbons (Fsp3) is 0.400. The van der Waals surface area contributed by atoms with Gasteiger partial charge in [-0.1, -0.05) is 32.9 Å². The summed E-state index contributed by atoms with van der Waals surface area (Å²) in [4.78, 5) is 30.6. The molecule has 0 unspecified atom stereocenters. The minimum absolute atomic E-state index is 0.121. The number of carbonyl (C=O) groups is 3. The second kappa shape index (κ2) is 8.42. The van der Waals surface area contributed by atoms with Gasteiger partial charge < -0.3 is 10.8 Å². The predicted octanol–water partition coefficient (Wildman–Crippen LogP) is 2.35. The number of carboxylic acids is 1. The number of amides is 1. The molecule has 116 valence electrons. The van der Waals surface area contributed by atoms with E-state index >= 15 is 0 Å². The van der Waals surface area contributed by atoms with Crippen LogP contribution in [0.2, 0.25) is 0 Å². The molecule has 5 nitrogen and oxygen atoms in total. The van der Waals surface area contributed by atoms with Crippen LogP contribution in [0.15, 0.2) is 24.3 Å². The van der Waals surface area contributed by atoms with Gasteiger partial charge in [-0.05, 0) is 23.1 Å². The van der Waals surface area contributed by atoms with Crippen molar-refractivity contribution in [3.63, 3.8) is 0 Å². The highest BCUT2D eigenvalue weighted by Gasteiger charge is 2.13. The molecule has 0 fully saturated rings. The molecule has 1 aromatic carbocycles. The highest BCUT2D eigenvalue weighted by molar-refractivity contribution is 6.28. The van der Waals surface area contributed by atoms with Gasteiger partial charge in [-0.2, -0.15) is 0 Å². The molecule has 0 aliphatic rings. The first kappa shape index (κ1) is 19.1. The van der Waals surface area contributed by atoms with E-state index < -0.39 is 18.2 Å². The summed E-state index contributed by atoms with van der Waals surface area (Å²) in [7, 11) is 0. The number of ketones is 1. The zero-order chi connectivity index (χ0) is 16.6. The van der Waals surface area contributed by atoms with Gasteiger partial charge in [0.1, 0.15) is 6.42 Å². The van der Waals surface area contributed by atoms with E-state index in [2.05, 4.69) is 20.8 Å². The molecule has 0 bridgehead atoms. The Morgan fingerprint density at radius 3 is 1.86 bits per heavy atom. The number of Topliss-reactive ketones (excluding diaryl/α,β-unsaturated/α-hetero) is 1. The number of aliphatic carboxylic acids is 1. The maximum Gasteiger partial charge on any atom is 0.310 e. The van der Waals surface area contributed by atoms with Crippen molar-refractivity contribution in [3.8, 4) is 0 Å². The SMILES string of the molecule is CC(C)(C)c1ccc(C(N)=O)cc1.O=C(O)CC(=O)CCl. The number of hydrogen-bond donors (Lipinski definition) is 2. The second-order valence-electron chi connectivity index (χ2n) is 5.43. The molecule has 0 aliphatic carbocycles. The Kier molecular flexibility index (Phi) is 7.66. The highest BCUT2D eigenvalue weighted by atomic mass is 35.5. The van der Waals surface area contributed by atoms with Crippen LogP contribution in [0.5, 0.6) is 0 Å². The number of carboxylic acid groups (broad SMARTS) is 1. The minimum Gasteiger partial charge on any atom is -0.481 e. The van der Waals surface area contributed by atoms with Crippen LogP contribution in [-0.2, 0) is 15.0 Å². The molecular formula is C15H20ClNO4. The van der Waals surface area contributed by atoms with Crippen LogP contribution >= 0.6 is 11.6 Å². The Bertz CT molecular complexity index is 503. The van der Waals surface area contributed by atoms with Crippen molar-refractivity contribution < 1.29 is 19.5 Å². The second-order valence-corrected chi connectivity index (χ2v) is 5.70. The minimum atomic E-state index is -1.13. The topological polar surface area (TPSA) is 97.5 Å². The molecule has 1 aromatic rings. The van der Waals surface area contributed by atoms with Gasteiger partial charge >= 0.3 is 5.97 Å². The lowest BCUT2D eigenvalue weighted by Gasteiger charge is -2.18. The largest absolute Gasteiger partial charge is 0.481 e. The Hall–Kier alpha value is -1.88. The van der Waals surface area contributed by atoms with Crippen LogP contribution in [0.25, 0.3) is 0 Å². The van der Waals surface area contributed by atoms with Crippen molar-refractivity contribution >= 4 is 29.3 Å². The van der Waals surface area contributed by atoms with Crippen LogP contribution in [0, 0.1) is 0 Å². The third kappa shape index (κ3) is 8.09. The lowest BCUT2D eigenvalue weighted by atomic mass is 9.87. The van der Waals surface area contributed by atoms with Gasteiger partial charge in [0.15, 0.2) is 5.78 Å². The van der Waals surface area contributed by atoms with Crippen molar-refractivity contribution in [2.45, 2.75) is 32.6 Å². The van der Waals surface area contributed by atoms with Gasteiger partial charge in [0.05, 0.1) is 5.88 Å². The van der Waals surface area contributed by atoms with Crippen LogP contribution < -0.4 is 5.73 Å². The van der Waals surface area contributed by atoms with E-state index in [1.807, 2.05) is 12.1 Å². The third-order valence-electron chi connectivity index (χ3n) is 2.53. The monoisotopic (exact) mass is 313 g/mol. The van der Waals surface area contributed by atoms with Crippen molar-refractivity contribution in [2.75, 3.05) is 5.88 Å². The molecule has 0 saturated heterocycles. The van der Waals surface area contributed by atoms with Crippen molar-refractivity contribution in [3.05, 3.63) is 35.4 Å². The zero-order valence-corrected chi connectivity index (χ0v) is 13.1. The van der Waals surface area contributed by atoms with Gasteiger partial charge in [-0.15, -0.1) is 11.6 Å². The number of primary amides is 1. The van der Waals surface area contributed by atoms with Crippen molar-refractivity contribution in [1.29, 1.82) is 0 Å². The summed E-state index contributed by atoms with van der Waals surface area (Å²) in [6.45, 7) is 6.39. The average molecular weight is 314 g/mol. The van der Waals surface area contributed by atoms with Crippen molar-refractivity contribution in [1.82, 2.24) is 0 Å². The molecule has 3 N–H and O–H groups in total. The molecule has 0 heterocycles. The zero-order valence-electron chi connectivity index (χ0n) is 12.4. The molecule has 21 heavy (non-hydrogen) atoms. The Balaban J connectivity index is 0.000000433. The molecule has 6 heteroatoms. The average Bonchev–Trinajstić information content (AvgIpc) is 2.37. The van der Waals surface area contributed by atoms with E-state index in [1.165, 1.54) is 5.56 Å². The first-order valence-electron chi connectivity index (χ1n) is 6.27. The van der Waals surface area contributed by atoms with Crippen LogP contribution in [0.4, 0.5) is 0 Å². The van der Waals surface area contributed by atoms with E-state index in [1.54, 1.807) is 12.1 Å². The highest BCUT2D eigenvalue weighted by Crippen LogP contribution is 2.21. The molecule has 0 spiro atoms. The fourth-order valence-corrected chi connectivity index (χ4v) is 1.44. The lowest BCUT2D eigenvalue weighted by Crippen LogP contribution is -2.13. The molecule has 0 saturated carbocycles. The van der Waals surface area contributed by atoms with Crippen LogP contribution in [-0.4, -0.2) is 28.6 Å². The van der Waals surface area contributed by atoms with Crippen LogP contribution in [0.3, 0.4) is 0 Å². The molecule has 0 aliphatic heterocycles. The van der Waals surface area contributed by atoms with E-state index in [4.69, 9.17) is 22.4 Å². The standard InChI is InChI=1S/C11H15NO.C4H5ClO3/c1-11(2,3)9-6-4-8(5-7-9)10(12)13;5-2-3(6)1-4(7)8/h4-7H,1-3H3,(H2,12,13);1-2H2,(H,7,8).